The van der Waals surface area contributed by atoms with Gasteiger partial charge in [0.1, 0.15) is 11.5 Å². The lowest BCUT2D eigenvalue weighted by Gasteiger charge is -2.06. The van der Waals surface area contributed by atoms with Gasteiger partial charge in [0.2, 0.25) is 5.91 Å². The molecule has 2 rings (SSSR count). The maximum absolute atomic E-state index is 12.3. The Kier molecular flexibility index (Phi) is 11.6. The van der Waals surface area contributed by atoms with Crippen molar-refractivity contribution in [2.75, 3.05) is 6.61 Å². The van der Waals surface area contributed by atoms with Gasteiger partial charge in [0.25, 0.3) is 0 Å². The van der Waals surface area contributed by atoms with Crippen molar-refractivity contribution in [3.05, 3.63) is 59.7 Å². The summed E-state index contributed by atoms with van der Waals surface area (Å²) in [6.07, 6.45) is 10.3. The van der Waals surface area contributed by atoms with E-state index in [0.717, 1.165) is 18.4 Å². The van der Waals surface area contributed by atoms with Crippen LogP contribution in [0.15, 0.2) is 53.6 Å². The number of carbonyl (C=O) groups excluding carboxylic acids is 2. The first-order valence-corrected chi connectivity index (χ1v) is 11.5. The van der Waals surface area contributed by atoms with Crippen molar-refractivity contribution in [2.24, 2.45) is 5.10 Å². The fraction of sp³-hybridized carbons (Fsp3) is 0.423. The summed E-state index contributed by atoms with van der Waals surface area (Å²) in [6, 6.07) is 13.7. The molecule has 1 N–H and O–H groups in total. The Bertz CT molecular complexity index is 845. The van der Waals surface area contributed by atoms with Gasteiger partial charge in [-0.05, 0) is 67.4 Å². The average Bonchev–Trinajstić information content (AvgIpc) is 2.80. The van der Waals surface area contributed by atoms with E-state index in [1.165, 1.54) is 32.1 Å². The smallest absolute Gasteiger partial charge is 0.343 e. The quantitative estimate of drug-likeness (QED) is 0.131. The fourth-order valence-electron chi connectivity index (χ4n) is 3.12. The molecular formula is C26H34N2O4. The highest BCUT2D eigenvalue weighted by atomic mass is 16.5. The Balaban J connectivity index is 1.70. The minimum atomic E-state index is -0.438. The first-order chi connectivity index (χ1) is 15.6. The Morgan fingerprint density at radius 3 is 2.12 bits per heavy atom. The van der Waals surface area contributed by atoms with E-state index in [0.29, 0.717) is 30.1 Å². The van der Waals surface area contributed by atoms with E-state index in [9.17, 15) is 9.59 Å². The number of nitrogens with zero attached hydrogens (tertiary/aromatic N) is 1. The molecule has 0 radical (unpaired) electrons. The van der Waals surface area contributed by atoms with Gasteiger partial charge in [0.05, 0.1) is 18.4 Å². The van der Waals surface area contributed by atoms with Gasteiger partial charge in [-0.3, -0.25) is 4.79 Å². The number of nitrogens with one attached hydrogen (secondary N) is 1. The van der Waals surface area contributed by atoms with Gasteiger partial charge in [-0.1, -0.05) is 45.4 Å². The highest BCUT2D eigenvalue weighted by Crippen LogP contribution is 2.16. The first kappa shape index (κ1) is 25.1. The highest BCUT2D eigenvalue weighted by molar-refractivity contribution is 5.91. The Morgan fingerprint density at radius 1 is 0.844 bits per heavy atom. The van der Waals surface area contributed by atoms with E-state index in [4.69, 9.17) is 9.47 Å². The van der Waals surface area contributed by atoms with Crippen LogP contribution in [0.2, 0.25) is 0 Å². The second kappa shape index (κ2) is 14.8. The van der Waals surface area contributed by atoms with E-state index in [1.807, 2.05) is 6.92 Å². The van der Waals surface area contributed by atoms with E-state index < -0.39 is 5.97 Å². The zero-order chi connectivity index (χ0) is 23.0. The van der Waals surface area contributed by atoms with Crippen LogP contribution in [0.25, 0.3) is 0 Å². The molecular weight excluding hydrogens is 404 g/mol. The van der Waals surface area contributed by atoms with Gasteiger partial charge in [-0.15, -0.1) is 0 Å². The molecule has 172 valence electrons. The molecule has 2 aromatic rings. The van der Waals surface area contributed by atoms with Gasteiger partial charge in [0, 0.05) is 6.42 Å². The van der Waals surface area contributed by atoms with Gasteiger partial charge in [-0.2, -0.15) is 5.10 Å². The zero-order valence-electron chi connectivity index (χ0n) is 19.1. The maximum atomic E-state index is 12.3. The molecule has 0 fully saturated rings. The minimum Gasteiger partial charge on any atom is -0.494 e. The van der Waals surface area contributed by atoms with E-state index in [-0.39, 0.29) is 5.91 Å². The monoisotopic (exact) mass is 438 g/mol. The SMILES string of the molecule is CCCCCCCCCC(=O)N/N=C/c1ccc(OC(=O)c2ccc(OCC)cc2)cc1. The molecule has 6 nitrogen and oxygen atoms in total. The summed E-state index contributed by atoms with van der Waals surface area (Å²) in [4.78, 5) is 24.1. The molecule has 6 heteroatoms. The largest absolute Gasteiger partial charge is 0.494 e. The molecule has 0 aliphatic heterocycles. The van der Waals surface area contributed by atoms with Crippen LogP contribution in [0.5, 0.6) is 11.5 Å². The van der Waals surface area contributed by atoms with Crippen LogP contribution in [-0.4, -0.2) is 24.7 Å². The predicted octanol–water partition coefficient (Wildman–Crippen LogP) is 5.90. The van der Waals surface area contributed by atoms with Crippen molar-refractivity contribution in [3.63, 3.8) is 0 Å². The third kappa shape index (κ3) is 9.77. The first-order valence-electron chi connectivity index (χ1n) is 11.5. The van der Waals surface area contributed by atoms with Crippen molar-refractivity contribution < 1.29 is 19.1 Å². The molecule has 0 atom stereocenters. The lowest BCUT2D eigenvalue weighted by atomic mass is 10.1. The Hall–Kier alpha value is -3.15. The number of ether oxygens (including phenoxy) is 2. The molecule has 0 saturated heterocycles. The van der Waals surface area contributed by atoms with Crippen molar-refractivity contribution in [1.82, 2.24) is 5.43 Å². The summed E-state index contributed by atoms with van der Waals surface area (Å²) in [5, 5.41) is 4.00. The zero-order valence-corrected chi connectivity index (χ0v) is 19.1. The predicted molar refractivity (Wildman–Crippen MR) is 127 cm³/mol. The summed E-state index contributed by atoms with van der Waals surface area (Å²) >= 11 is 0. The summed E-state index contributed by atoms with van der Waals surface area (Å²) in [5.41, 5.74) is 3.80. The highest BCUT2D eigenvalue weighted by Gasteiger charge is 2.08. The van der Waals surface area contributed by atoms with Gasteiger partial charge < -0.3 is 9.47 Å². The molecule has 0 unspecified atom stereocenters. The van der Waals surface area contributed by atoms with Crippen LogP contribution in [-0.2, 0) is 4.79 Å². The minimum absolute atomic E-state index is 0.0734. The molecule has 32 heavy (non-hydrogen) atoms. The number of unbranched alkanes of at least 4 members (excludes halogenated alkanes) is 6. The molecule has 0 saturated carbocycles. The number of carbonyl (C=O) groups is 2. The molecule has 1 amide bonds. The molecule has 0 aliphatic carbocycles. The lowest BCUT2D eigenvalue weighted by Crippen LogP contribution is -2.16. The molecule has 2 aromatic carbocycles. The standard InChI is InChI=1S/C26H34N2O4/c1-3-5-6-7-8-9-10-11-25(29)28-27-20-21-12-16-24(17-13-21)32-26(30)22-14-18-23(19-15-22)31-4-2/h12-20H,3-11H2,1-2H3,(H,28,29)/b27-20+. The molecule has 0 spiro atoms. The normalized spacial score (nSPS) is 10.8. The van der Waals surface area contributed by atoms with Crippen LogP contribution < -0.4 is 14.9 Å². The van der Waals surface area contributed by atoms with Crippen molar-refractivity contribution in [1.29, 1.82) is 0 Å². The van der Waals surface area contributed by atoms with Gasteiger partial charge in [0.15, 0.2) is 0 Å². The number of esters is 1. The third-order valence-corrected chi connectivity index (χ3v) is 4.90. The molecule has 0 bridgehead atoms. The number of benzene rings is 2. The summed E-state index contributed by atoms with van der Waals surface area (Å²) in [7, 11) is 0. The molecule has 0 heterocycles. The summed E-state index contributed by atoms with van der Waals surface area (Å²) < 4.78 is 10.8. The average molecular weight is 439 g/mol. The second-order valence-electron chi connectivity index (χ2n) is 7.58. The van der Waals surface area contributed by atoms with Crippen LogP contribution in [0.3, 0.4) is 0 Å². The number of hydrogen-bond donors (Lipinski definition) is 1. The number of amides is 1. The van der Waals surface area contributed by atoms with Crippen molar-refractivity contribution in [3.8, 4) is 11.5 Å². The fourth-order valence-corrected chi connectivity index (χ4v) is 3.12. The van der Waals surface area contributed by atoms with Crippen LogP contribution in [0.4, 0.5) is 0 Å². The second-order valence-corrected chi connectivity index (χ2v) is 7.58. The van der Waals surface area contributed by atoms with E-state index in [1.54, 1.807) is 54.7 Å². The van der Waals surface area contributed by atoms with Crippen molar-refractivity contribution >= 4 is 18.1 Å². The van der Waals surface area contributed by atoms with E-state index in [2.05, 4.69) is 17.5 Å². The molecule has 0 aliphatic rings. The van der Waals surface area contributed by atoms with Gasteiger partial charge in [-0.25, -0.2) is 10.2 Å². The number of hydrogen-bond acceptors (Lipinski definition) is 5. The summed E-state index contributed by atoms with van der Waals surface area (Å²) in [6.45, 7) is 4.68. The van der Waals surface area contributed by atoms with Crippen LogP contribution in [0, 0.1) is 0 Å². The third-order valence-electron chi connectivity index (χ3n) is 4.90. The van der Waals surface area contributed by atoms with Crippen LogP contribution in [0.1, 0.15) is 81.1 Å². The number of hydrazone groups is 1. The maximum Gasteiger partial charge on any atom is 0.343 e. The number of rotatable bonds is 14. The van der Waals surface area contributed by atoms with E-state index >= 15 is 0 Å². The lowest BCUT2D eigenvalue weighted by molar-refractivity contribution is -0.121. The molecule has 0 aromatic heterocycles. The Morgan fingerprint density at radius 2 is 1.47 bits per heavy atom. The van der Waals surface area contributed by atoms with Gasteiger partial charge >= 0.3 is 5.97 Å². The van der Waals surface area contributed by atoms with Crippen LogP contribution >= 0.6 is 0 Å². The summed E-state index contributed by atoms with van der Waals surface area (Å²) in [5.74, 6) is 0.633. The Labute approximate surface area is 191 Å². The topological polar surface area (TPSA) is 77.0 Å². The van der Waals surface area contributed by atoms with Crippen molar-refractivity contribution in [2.45, 2.75) is 65.2 Å².